The molecule has 1 aromatic rings. The van der Waals surface area contributed by atoms with Crippen LogP contribution in [-0.2, 0) is 25.6 Å². The van der Waals surface area contributed by atoms with Crippen LogP contribution in [0.4, 0.5) is 0 Å². The fourth-order valence-corrected chi connectivity index (χ4v) is 4.73. The first-order valence-corrected chi connectivity index (χ1v) is 12.2. The molecule has 2 saturated heterocycles. The van der Waals surface area contributed by atoms with Crippen LogP contribution in [0.1, 0.15) is 71.3 Å². The average Bonchev–Trinajstić information content (AvgIpc) is 3.20. The Morgan fingerprint density at radius 3 is 2.59 bits per heavy atom. The third kappa shape index (κ3) is 7.13. The Kier molecular flexibility index (Phi) is 9.33. The molecule has 1 aromatic carbocycles. The van der Waals surface area contributed by atoms with Crippen LogP contribution in [0.2, 0.25) is 0 Å². The molecule has 2 fully saturated rings. The highest BCUT2D eigenvalue weighted by atomic mass is 16.8. The second-order valence-corrected chi connectivity index (χ2v) is 9.97. The van der Waals surface area contributed by atoms with Crippen molar-refractivity contribution in [3.63, 3.8) is 0 Å². The van der Waals surface area contributed by atoms with Gasteiger partial charge in [-0.2, -0.15) is 0 Å². The molecule has 0 bridgehead atoms. The van der Waals surface area contributed by atoms with Crippen molar-refractivity contribution in [1.82, 2.24) is 0 Å². The maximum Gasteiger partial charge on any atom is 0.192 e. The molecule has 1 spiro atoms. The van der Waals surface area contributed by atoms with Crippen molar-refractivity contribution in [3.8, 4) is 0 Å². The Balaban J connectivity index is 1.59. The van der Waals surface area contributed by atoms with Crippen molar-refractivity contribution < 1.29 is 24.1 Å². The summed E-state index contributed by atoms with van der Waals surface area (Å²) in [6, 6.07) is 10.3. The van der Waals surface area contributed by atoms with Gasteiger partial charge in [0, 0.05) is 6.42 Å². The third-order valence-corrected chi connectivity index (χ3v) is 7.05. The molecule has 5 nitrogen and oxygen atoms in total. The average molecular weight is 447 g/mol. The van der Waals surface area contributed by atoms with Crippen LogP contribution < -0.4 is 0 Å². The van der Waals surface area contributed by atoms with Crippen molar-refractivity contribution in [2.24, 2.45) is 5.92 Å². The van der Waals surface area contributed by atoms with E-state index in [1.807, 2.05) is 25.1 Å². The topological polar surface area (TPSA) is 57.2 Å². The number of allylic oxidation sites excluding steroid dienone is 1. The number of aliphatic hydroxyl groups is 1. The van der Waals surface area contributed by atoms with Crippen LogP contribution in [0.15, 0.2) is 42.5 Å². The van der Waals surface area contributed by atoms with Gasteiger partial charge in [-0.15, -0.1) is 6.58 Å². The lowest BCUT2D eigenvalue weighted by Gasteiger charge is -2.36. The van der Waals surface area contributed by atoms with Crippen molar-refractivity contribution in [1.29, 1.82) is 0 Å². The second-order valence-electron chi connectivity index (χ2n) is 9.97. The predicted molar refractivity (Wildman–Crippen MR) is 126 cm³/mol. The molecule has 2 aliphatic rings. The first-order valence-electron chi connectivity index (χ1n) is 12.2. The number of benzene rings is 1. The van der Waals surface area contributed by atoms with Crippen molar-refractivity contribution in [2.75, 3.05) is 19.8 Å². The number of rotatable bonds is 11. The Hall–Kier alpha value is -1.24. The van der Waals surface area contributed by atoms with Gasteiger partial charge in [0.25, 0.3) is 0 Å². The van der Waals surface area contributed by atoms with E-state index in [1.54, 1.807) is 0 Å². The minimum atomic E-state index is -0.627. The molecule has 0 amide bonds. The quantitative estimate of drug-likeness (QED) is 0.461. The molecule has 3 rings (SSSR count). The highest BCUT2D eigenvalue weighted by Crippen LogP contribution is 2.39. The van der Waals surface area contributed by atoms with Gasteiger partial charge in [0.15, 0.2) is 5.79 Å². The second kappa shape index (κ2) is 11.8. The molecule has 32 heavy (non-hydrogen) atoms. The molecule has 0 aliphatic carbocycles. The number of aliphatic hydroxyl groups excluding tert-OH is 1. The lowest BCUT2D eigenvalue weighted by atomic mass is 9.86. The first kappa shape index (κ1) is 25.4. The summed E-state index contributed by atoms with van der Waals surface area (Å²) in [4.78, 5) is 0. The summed E-state index contributed by atoms with van der Waals surface area (Å²) in [6.45, 7) is 12.5. The van der Waals surface area contributed by atoms with E-state index in [9.17, 15) is 5.11 Å². The zero-order valence-electron chi connectivity index (χ0n) is 20.2. The van der Waals surface area contributed by atoms with E-state index in [4.69, 9.17) is 18.9 Å². The van der Waals surface area contributed by atoms with Crippen molar-refractivity contribution in [2.45, 2.75) is 95.9 Å². The molecule has 0 aromatic heterocycles. The summed E-state index contributed by atoms with van der Waals surface area (Å²) in [6.07, 6.45) is 5.75. The monoisotopic (exact) mass is 446 g/mol. The fourth-order valence-electron chi connectivity index (χ4n) is 4.73. The summed E-state index contributed by atoms with van der Waals surface area (Å²) in [5.74, 6) is -0.377. The SMILES string of the molecule is C=C(C)CCC(O)C(C)CCCC1(C)OCC2(CCC1OCc1ccccc1)OCCO2. The van der Waals surface area contributed by atoms with E-state index in [2.05, 4.69) is 32.6 Å². The Labute approximate surface area is 194 Å². The maximum absolute atomic E-state index is 10.5. The largest absolute Gasteiger partial charge is 0.393 e. The van der Waals surface area contributed by atoms with Crippen LogP contribution in [0.25, 0.3) is 0 Å². The van der Waals surface area contributed by atoms with Crippen LogP contribution in [0, 0.1) is 5.92 Å². The molecule has 4 atom stereocenters. The summed E-state index contributed by atoms with van der Waals surface area (Å²) in [5, 5.41) is 10.5. The van der Waals surface area contributed by atoms with E-state index in [-0.39, 0.29) is 18.1 Å². The fraction of sp³-hybridized carbons (Fsp3) is 0.704. The molecule has 5 heteroatoms. The predicted octanol–water partition coefficient (Wildman–Crippen LogP) is 5.41. The van der Waals surface area contributed by atoms with Crippen LogP contribution in [-0.4, -0.2) is 48.5 Å². The van der Waals surface area contributed by atoms with E-state index in [0.717, 1.165) is 56.1 Å². The van der Waals surface area contributed by atoms with Crippen LogP contribution >= 0.6 is 0 Å². The lowest BCUT2D eigenvalue weighted by molar-refractivity contribution is -0.216. The molecule has 1 N–H and O–H groups in total. The first-order chi connectivity index (χ1) is 15.3. The third-order valence-electron chi connectivity index (χ3n) is 7.05. The van der Waals surface area contributed by atoms with Gasteiger partial charge in [0.2, 0.25) is 0 Å². The van der Waals surface area contributed by atoms with E-state index >= 15 is 0 Å². The molecule has 2 aliphatic heterocycles. The van der Waals surface area contributed by atoms with Gasteiger partial charge >= 0.3 is 0 Å². The lowest BCUT2D eigenvalue weighted by Crippen LogP contribution is -2.44. The van der Waals surface area contributed by atoms with E-state index in [0.29, 0.717) is 26.4 Å². The van der Waals surface area contributed by atoms with Crippen LogP contribution in [0.5, 0.6) is 0 Å². The van der Waals surface area contributed by atoms with E-state index in [1.165, 1.54) is 0 Å². The zero-order chi connectivity index (χ0) is 23.0. The minimum Gasteiger partial charge on any atom is -0.393 e. The summed E-state index contributed by atoms with van der Waals surface area (Å²) in [5.41, 5.74) is 1.87. The summed E-state index contributed by atoms with van der Waals surface area (Å²) >= 11 is 0. The summed E-state index contributed by atoms with van der Waals surface area (Å²) < 4.78 is 24.8. The smallest absolute Gasteiger partial charge is 0.192 e. The van der Waals surface area contributed by atoms with Crippen molar-refractivity contribution in [3.05, 3.63) is 48.0 Å². The highest BCUT2D eigenvalue weighted by molar-refractivity contribution is 5.13. The molecule has 0 radical (unpaired) electrons. The van der Waals surface area contributed by atoms with Gasteiger partial charge in [-0.3, -0.25) is 0 Å². The standard InChI is InChI=1S/C27H42O5/c1-21(2)12-13-24(28)22(3)9-8-15-26(4)25(29-19-23-10-6-5-7-11-23)14-16-27(20-32-26)30-17-18-31-27/h5-7,10-11,22,24-25,28H,1,8-9,12-20H2,2-4H3. The molecule has 4 unspecified atom stereocenters. The number of hydrogen-bond donors (Lipinski definition) is 1. The summed E-state index contributed by atoms with van der Waals surface area (Å²) in [7, 11) is 0. The molecular weight excluding hydrogens is 404 g/mol. The Bertz CT molecular complexity index is 699. The highest BCUT2D eigenvalue weighted by Gasteiger charge is 2.47. The number of ether oxygens (including phenoxy) is 4. The van der Waals surface area contributed by atoms with Gasteiger partial charge in [0.1, 0.15) is 6.61 Å². The van der Waals surface area contributed by atoms with Crippen molar-refractivity contribution >= 4 is 0 Å². The molecular formula is C27H42O5. The molecule has 2 heterocycles. The maximum atomic E-state index is 10.5. The molecule has 180 valence electrons. The van der Waals surface area contributed by atoms with Gasteiger partial charge < -0.3 is 24.1 Å². The Morgan fingerprint density at radius 2 is 1.91 bits per heavy atom. The van der Waals surface area contributed by atoms with Crippen LogP contribution in [0.3, 0.4) is 0 Å². The normalized spacial score (nSPS) is 27.2. The van der Waals surface area contributed by atoms with Gasteiger partial charge in [-0.1, -0.05) is 49.2 Å². The van der Waals surface area contributed by atoms with Gasteiger partial charge in [-0.25, -0.2) is 0 Å². The van der Waals surface area contributed by atoms with E-state index < -0.39 is 11.4 Å². The van der Waals surface area contributed by atoms with Gasteiger partial charge in [0.05, 0.1) is 37.6 Å². The minimum absolute atomic E-state index is 0.0430. The molecule has 0 saturated carbocycles. The zero-order valence-corrected chi connectivity index (χ0v) is 20.2. The Morgan fingerprint density at radius 1 is 1.19 bits per heavy atom. The van der Waals surface area contributed by atoms with Gasteiger partial charge in [-0.05, 0) is 57.4 Å². The number of hydrogen-bond acceptors (Lipinski definition) is 5.